The van der Waals surface area contributed by atoms with Crippen molar-refractivity contribution < 1.29 is 5.11 Å². The minimum atomic E-state index is 0.265. The third-order valence-electron chi connectivity index (χ3n) is 3.07. The zero-order valence-corrected chi connectivity index (χ0v) is 12.6. The van der Waals surface area contributed by atoms with Crippen LogP contribution < -0.4 is 0 Å². The molecule has 18 heavy (non-hydrogen) atoms. The fraction of sp³-hybridized carbons (Fsp3) is 0.647. The smallest absolute Gasteiger partial charge is 0.0465 e. The summed E-state index contributed by atoms with van der Waals surface area (Å²) in [7, 11) is 0. The largest absolute Gasteiger partial charge is 0.396 e. The number of hydrogen-bond donors (Lipinski definition) is 1. The second-order valence-electron chi connectivity index (χ2n) is 5.14. The molecule has 0 amide bonds. The fourth-order valence-electron chi connectivity index (χ4n) is 1.89. The van der Waals surface area contributed by atoms with Crippen LogP contribution in [-0.4, -0.2) is 11.7 Å². The molecular formula is C17H30O. The number of allylic oxidation sites excluding steroid dienone is 5. The van der Waals surface area contributed by atoms with Crippen LogP contribution in [0.3, 0.4) is 0 Å². The molecule has 1 nitrogen and oxygen atoms in total. The predicted molar refractivity (Wildman–Crippen MR) is 81.7 cm³/mol. The molecule has 0 aliphatic rings. The Morgan fingerprint density at radius 2 is 1.56 bits per heavy atom. The number of hydrogen-bond acceptors (Lipinski definition) is 1. The van der Waals surface area contributed by atoms with E-state index in [1.165, 1.54) is 23.1 Å². The fourth-order valence-corrected chi connectivity index (χ4v) is 1.89. The molecular weight excluding hydrogens is 220 g/mol. The SMILES string of the molecule is CC/C(=C\CCO)CC/C=C(\C)CCC=C(C)C. The molecule has 0 saturated heterocycles. The van der Waals surface area contributed by atoms with Gasteiger partial charge in [-0.05, 0) is 59.3 Å². The molecule has 0 aromatic carbocycles. The Hall–Kier alpha value is -0.820. The maximum absolute atomic E-state index is 8.80. The maximum atomic E-state index is 8.80. The molecule has 0 unspecified atom stereocenters. The van der Waals surface area contributed by atoms with Crippen LogP contribution in [0.15, 0.2) is 34.9 Å². The van der Waals surface area contributed by atoms with E-state index in [4.69, 9.17) is 5.11 Å². The topological polar surface area (TPSA) is 20.2 Å². The first kappa shape index (κ1) is 17.2. The van der Waals surface area contributed by atoms with Crippen molar-refractivity contribution in [1.82, 2.24) is 0 Å². The average molecular weight is 250 g/mol. The van der Waals surface area contributed by atoms with E-state index in [1.54, 1.807) is 0 Å². The van der Waals surface area contributed by atoms with Crippen LogP contribution in [0.1, 0.15) is 66.2 Å². The summed E-state index contributed by atoms with van der Waals surface area (Å²) in [6.07, 6.45) is 13.3. The van der Waals surface area contributed by atoms with E-state index in [2.05, 4.69) is 45.9 Å². The highest BCUT2D eigenvalue weighted by atomic mass is 16.2. The van der Waals surface area contributed by atoms with E-state index >= 15 is 0 Å². The summed E-state index contributed by atoms with van der Waals surface area (Å²) in [5.41, 5.74) is 4.37. The molecule has 0 rings (SSSR count). The van der Waals surface area contributed by atoms with Crippen LogP contribution in [0, 0.1) is 0 Å². The highest BCUT2D eigenvalue weighted by Gasteiger charge is 1.94. The van der Waals surface area contributed by atoms with Crippen molar-refractivity contribution >= 4 is 0 Å². The summed E-state index contributed by atoms with van der Waals surface area (Å²) in [4.78, 5) is 0. The van der Waals surface area contributed by atoms with Crippen molar-refractivity contribution in [2.24, 2.45) is 0 Å². The van der Waals surface area contributed by atoms with Crippen molar-refractivity contribution in [3.8, 4) is 0 Å². The van der Waals surface area contributed by atoms with Gasteiger partial charge < -0.3 is 5.11 Å². The monoisotopic (exact) mass is 250 g/mol. The molecule has 0 aliphatic heterocycles. The highest BCUT2D eigenvalue weighted by molar-refractivity contribution is 5.06. The molecule has 0 saturated carbocycles. The summed E-state index contributed by atoms with van der Waals surface area (Å²) in [5, 5.41) is 8.80. The van der Waals surface area contributed by atoms with Gasteiger partial charge in [-0.1, -0.05) is 41.9 Å². The molecule has 0 aromatic rings. The Kier molecular flexibility index (Phi) is 10.8. The van der Waals surface area contributed by atoms with Gasteiger partial charge in [-0.15, -0.1) is 0 Å². The molecule has 0 fully saturated rings. The summed E-state index contributed by atoms with van der Waals surface area (Å²) in [5.74, 6) is 0. The Balaban J connectivity index is 3.94. The van der Waals surface area contributed by atoms with E-state index in [-0.39, 0.29) is 6.61 Å². The van der Waals surface area contributed by atoms with Crippen LogP contribution in [0.4, 0.5) is 0 Å². The van der Waals surface area contributed by atoms with Gasteiger partial charge in [0, 0.05) is 6.61 Å². The summed E-state index contributed by atoms with van der Waals surface area (Å²) in [6.45, 7) is 8.98. The summed E-state index contributed by atoms with van der Waals surface area (Å²) in [6, 6.07) is 0. The van der Waals surface area contributed by atoms with Gasteiger partial charge in [0.15, 0.2) is 0 Å². The molecule has 0 aromatic heterocycles. The molecule has 0 aliphatic carbocycles. The zero-order chi connectivity index (χ0) is 13.8. The van der Waals surface area contributed by atoms with Gasteiger partial charge in [0.25, 0.3) is 0 Å². The lowest BCUT2D eigenvalue weighted by Crippen LogP contribution is -1.85. The predicted octanol–water partition coefficient (Wildman–Crippen LogP) is 5.18. The van der Waals surface area contributed by atoms with Crippen LogP contribution in [-0.2, 0) is 0 Å². The maximum Gasteiger partial charge on any atom is 0.0465 e. The lowest BCUT2D eigenvalue weighted by atomic mass is 10.0. The van der Waals surface area contributed by atoms with Gasteiger partial charge in [-0.2, -0.15) is 0 Å². The van der Waals surface area contributed by atoms with Gasteiger partial charge in [-0.3, -0.25) is 0 Å². The molecule has 0 radical (unpaired) electrons. The first-order valence-corrected chi connectivity index (χ1v) is 7.17. The number of aliphatic hydroxyl groups excluding tert-OH is 1. The van der Waals surface area contributed by atoms with Crippen molar-refractivity contribution in [2.45, 2.75) is 66.2 Å². The Labute approximate surface area is 113 Å². The Morgan fingerprint density at radius 1 is 0.889 bits per heavy atom. The normalized spacial score (nSPS) is 12.7. The highest BCUT2D eigenvalue weighted by Crippen LogP contribution is 2.14. The molecule has 0 bridgehead atoms. The third-order valence-corrected chi connectivity index (χ3v) is 3.07. The minimum Gasteiger partial charge on any atom is -0.396 e. The standard InChI is InChI=1S/C17H30O/c1-5-17(13-8-14-18)12-7-11-16(4)10-6-9-15(2)3/h9,11,13,18H,5-8,10,12,14H2,1-4H3/b16-11+,17-13+. The third kappa shape index (κ3) is 10.3. The van der Waals surface area contributed by atoms with Gasteiger partial charge in [0.05, 0.1) is 0 Å². The van der Waals surface area contributed by atoms with Gasteiger partial charge in [-0.25, -0.2) is 0 Å². The van der Waals surface area contributed by atoms with Crippen LogP contribution in [0.5, 0.6) is 0 Å². The Bertz CT molecular complexity index is 291. The second kappa shape index (κ2) is 11.3. The van der Waals surface area contributed by atoms with Gasteiger partial charge in [0.1, 0.15) is 0 Å². The summed E-state index contributed by atoms with van der Waals surface area (Å²) < 4.78 is 0. The lowest BCUT2D eigenvalue weighted by molar-refractivity contribution is 0.302. The van der Waals surface area contributed by atoms with E-state index in [9.17, 15) is 0 Å². The first-order valence-electron chi connectivity index (χ1n) is 7.17. The molecule has 0 spiro atoms. The quantitative estimate of drug-likeness (QED) is 0.559. The van der Waals surface area contributed by atoms with Crippen LogP contribution >= 0.6 is 0 Å². The van der Waals surface area contributed by atoms with Crippen LogP contribution in [0.25, 0.3) is 0 Å². The average Bonchev–Trinajstić information content (AvgIpc) is 2.33. The van der Waals surface area contributed by atoms with Crippen molar-refractivity contribution in [2.75, 3.05) is 6.61 Å². The minimum absolute atomic E-state index is 0.265. The van der Waals surface area contributed by atoms with E-state index in [1.807, 2.05) is 0 Å². The van der Waals surface area contributed by atoms with E-state index < -0.39 is 0 Å². The van der Waals surface area contributed by atoms with Crippen molar-refractivity contribution in [1.29, 1.82) is 0 Å². The van der Waals surface area contributed by atoms with Gasteiger partial charge >= 0.3 is 0 Å². The molecule has 0 atom stereocenters. The second-order valence-corrected chi connectivity index (χ2v) is 5.14. The number of rotatable bonds is 9. The summed E-state index contributed by atoms with van der Waals surface area (Å²) >= 11 is 0. The molecule has 104 valence electrons. The zero-order valence-electron chi connectivity index (χ0n) is 12.6. The van der Waals surface area contributed by atoms with Crippen molar-refractivity contribution in [3.05, 3.63) is 34.9 Å². The lowest BCUT2D eigenvalue weighted by Gasteiger charge is -2.03. The van der Waals surface area contributed by atoms with E-state index in [0.29, 0.717) is 0 Å². The molecule has 1 heteroatoms. The van der Waals surface area contributed by atoms with Gasteiger partial charge in [0.2, 0.25) is 0 Å². The molecule has 0 heterocycles. The van der Waals surface area contributed by atoms with Crippen LogP contribution in [0.2, 0.25) is 0 Å². The Morgan fingerprint density at radius 3 is 2.11 bits per heavy atom. The number of aliphatic hydroxyl groups is 1. The first-order chi connectivity index (χ1) is 8.60. The van der Waals surface area contributed by atoms with E-state index in [0.717, 1.165) is 32.1 Å². The van der Waals surface area contributed by atoms with Crippen molar-refractivity contribution in [3.63, 3.8) is 0 Å². The molecule has 1 N–H and O–H groups in total.